The highest BCUT2D eigenvalue weighted by atomic mass is 16.5. The van der Waals surface area contributed by atoms with Crippen molar-refractivity contribution in [3.05, 3.63) is 110 Å². The second-order valence-electron chi connectivity index (χ2n) is 23.0. The van der Waals surface area contributed by atoms with Crippen LogP contribution < -0.4 is 4.74 Å². The number of rotatable bonds is 2. The van der Waals surface area contributed by atoms with E-state index in [2.05, 4.69) is 188 Å². The van der Waals surface area contributed by atoms with Crippen LogP contribution in [0.25, 0.3) is 22.3 Å². The summed E-state index contributed by atoms with van der Waals surface area (Å²) in [7, 11) is 0. The van der Waals surface area contributed by atoms with E-state index in [1.54, 1.807) is 0 Å². The van der Waals surface area contributed by atoms with Crippen LogP contribution in [0, 0.1) is 13.8 Å². The van der Waals surface area contributed by atoms with Crippen LogP contribution in [0.15, 0.2) is 48.5 Å². The Labute approximate surface area is 335 Å². The minimum Gasteiger partial charge on any atom is -0.423 e. The summed E-state index contributed by atoms with van der Waals surface area (Å²) in [6, 6.07) is 18.4. The van der Waals surface area contributed by atoms with E-state index < -0.39 is 0 Å². The molecule has 2 heteroatoms. The molecule has 0 saturated carbocycles. The number of esters is 1. The molecule has 0 amide bonds. The number of ether oxygens (including phenoxy) is 1. The first-order valence-electron chi connectivity index (χ1n) is 20.6. The Morgan fingerprint density at radius 3 is 1.16 bits per heavy atom. The molecular formula is C53H72O2. The maximum Gasteiger partial charge on any atom is 0.344 e. The number of benzene rings is 4. The molecule has 55 heavy (non-hydrogen) atoms. The molecule has 0 N–H and O–H groups in total. The van der Waals surface area contributed by atoms with Crippen LogP contribution in [0.5, 0.6) is 5.75 Å². The zero-order valence-corrected chi connectivity index (χ0v) is 38.5. The van der Waals surface area contributed by atoms with E-state index in [-0.39, 0.29) is 44.4 Å². The van der Waals surface area contributed by atoms with Crippen molar-refractivity contribution in [2.24, 2.45) is 0 Å². The van der Waals surface area contributed by atoms with Gasteiger partial charge in [0, 0.05) is 22.6 Å². The van der Waals surface area contributed by atoms with Crippen LogP contribution in [-0.4, -0.2) is 5.97 Å². The highest BCUT2D eigenvalue weighted by molar-refractivity contribution is 6.09. The number of carbonyl (C=O) groups is 1. The largest absolute Gasteiger partial charge is 0.423 e. The Bertz CT molecular complexity index is 2060. The predicted octanol–water partition coefficient (Wildman–Crippen LogP) is 15.1. The Balaban J connectivity index is 2.13. The standard InChI is InChI=1S/C53H72O2/c1-30-24-34-32(3)35-25-31(2)27-38(51(13,14)15)43(35)45-40(53(19,20)21)29-39(52(16,17)18)44(42(34)37(26-30)50(10,11)12)46(45)47(54)55-41-23-22-33(48(4,5)6)28-36(41)49(7,8)9/h22-29,32H,1-21H3. The molecule has 296 valence electrons. The second-order valence-corrected chi connectivity index (χ2v) is 23.0. The van der Waals surface area contributed by atoms with Crippen LogP contribution in [0.1, 0.15) is 203 Å². The van der Waals surface area contributed by atoms with Gasteiger partial charge in [0.2, 0.25) is 0 Å². The molecule has 2 bridgehead atoms. The normalized spacial score (nSPS) is 14.3. The first-order chi connectivity index (χ1) is 24.7. The van der Waals surface area contributed by atoms with Crippen molar-refractivity contribution in [1.82, 2.24) is 0 Å². The molecule has 2 nitrogen and oxygen atoms in total. The number of hydrogen-bond acceptors (Lipinski definition) is 2. The van der Waals surface area contributed by atoms with Crippen molar-refractivity contribution < 1.29 is 9.53 Å². The van der Waals surface area contributed by atoms with Crippen LogP contribution in [-0.2, 0) is 32.5 Å². The summed E-state index contributed by atoms with van der Waals surface area (Å²) in [5.41, 5.74) is 16.1. The van der Waals surface area contributed by atoms with Gasteiger partial charge in [0.25, 0.3) is 0 Å². The van der Waals surface area contributed by atoms with Gasteiger partial charge in [0.1, 0.15) is 5.75 Å². The van der Waals surface area contributed by atoms with Crippen LogP contribution in [0.3, 0.4) is 0 Å². The zero-order chi connectivity index (χ0) is 41.8. The Morgan fingerprint density at radius 2 is 0.818 bits per heavy atom. The number of aryl methyl sites for hydroxylation is 2. The van der Waals surface area contributed by atoms with Gasteiger partial charge < -0.3 is 4.74 Å². The monoisotopic (exact) mass is 741 g/mol. The first kappa shape index (κ1) is 42.5. The number of carbonyl (C=O) groups excluding carboxylic acids is 1. The average Bonchev–Trinajstić information content (AvgIpc) is 2.99. The molecule has 0 spiro atoms. The highest BCUT2D eigenvalue weighted by Crippen LogP contribution is 2.56. The fourth-order valence-corrected chi connectivity index (χ4v) is 8.63. The van der Waals surface area contributed by atoms with Crippen molar-refractivity contribution in [1.29, 1.82) is 0 Å². The predicted molar refractivity (Wildman–Crippen MR) is 238 cm³/mol. The van der Waals surface area contributed by atoms with Gasteiger partial charge in [-0.3, -0.25) is 0 Å². The van der Waals surface area contributed by atoms with E-state index in [0.29, 0.717) is 11.3 Å². The molecule has 0 unspecified atom stereocenters. The summed E-state index contributed by atoms with van der Waals surface area (Å²) in [6.07, 6.45) is 0. The van der Waals surface area contributed by atoms with Crippen LogP contribution in [0.2, 0.25) is 0 Å². The van der Waals surface area contributed by atoms with E-state index in [0.717, 1.165) is 16.7 Å². The van der Waals surface area contributed by atoms with Gasteiger partial charge in [-0.2, -0.15) is 0 Å². The van der Waals surface area contributed by atoms with Crippen molar-refractivity contribution in [2.75, 3.05) is 0 Å². The summed E-state index contributed by atoms with van der Waals surface area (Å²) in [6.45, 7) is 47.9. The molecule has 0 radical (unpaired) electrons. The molecule has 4 aromatic carbocycles. The maximum absolute atomic E-state index is 16.0. The van der Waals surface area contributed by atoms with Crippen molar-refractivity contribution in [3.8, 4) is 28.0 Å². The molecule has 1 aliphatic rings. The Morgan fingerprint density at radius 1 is 0.455 bits per heavy atom. The summed E-state index contributed by atoms with van der Waals surface area (Å²) >= 11 is 0. The van der Waals surface area contributed by atoms with Crippen LogP contribution in [0.4, 0.5) is 0 Å². The molecule has 4 aromatic rings. The van der Waals surface area contributed by atoms with Gasteiger partial charge in [-0.1, -0.05) is 185 Å². The van der Waals surface area contributed by atoms with Gasteiger partial charge >= 0.3 is 5.97 Å². The topological polar surface area (TPSA) is 26.3 Å². The number of fused-ring (bicyclic) bond motifs is 6. The molecule has 1 aliphatic carbocycles. The lowest BCUT2D eigenvalue weighted by atomic mass is 9.64. The molecule has 5 rings (SSSR count). The van der Waals surface area contributed by atoms with Crippen molar-refractivity contribution in [3.63, 3.8) is 0 Å². The second kappa shape index (κ2) is 13.5. The van der Waals surface area contributed by atoms with E-state index in [4.69, 9.17) is 4.74 Å². The number of hydrogen-bond donors (Lipinski definition) is 0. The SMILES string of the molecule is Cc1cc2c(c(C(C)(C)C)c1)-c1c(C(C)(C)C)cc(C(C)(C)C)c(c1C(=O)Oc1ccc(C(C)(C)C)cc1C(C)(C)C)-c1c(cc(C)cc1C(C)(C)C)C2C. The molecule has 0 saturated heterocycles. The highest BCUT2D eigenvalue weighted by Gasteiger charge is 2.41. The maximum atomic E-state index is 16.0. The van der Waals surface area contributed by atoms with Gasteiger partial charge in [-0.25, -0.2) is 4.79 Å². The van der Waals surface area contributed by atoms with Gasteiger partial charge in [0.15, 0.2) is 0 Å². The minimum absolute atomic E-state index is 0.0460. The minimum atomic E-state index is -0.289. The molecule has 0 aliphatic heterocycles. The van der Waals surface area contributed by atoms with Crippen molar-refractivity contribution in [2.45, 2.75) is 184 Å². The fourth-order valence-electron chi connectivity index (χ4n) is 8.63. The van der Waals surface area contributed by atoms with Gasteiger partial charge in [-0.05, 0) is 102 Å². The van der Waals surface area contributed by atoms with Crippen molar-refractivity contribution >= 4 is 5.97 Å². The first-order valence-corrected chi connectivity index (χ1v) is 20.6. The lowest BCUT2D eigenvalue weighted by Crippen LogP contribution is -2.28. The molecule has 0 fully saturated rings. The smallest absolute Gasteiger partial charge is 0.344 e. The van der Waals surface area contributed by atoms with E-state index in [9.17, 15) is 0 Å². The summed E-state index contributed by atoms with van der Waals surface area (Å²) in [5.74, 6) is 0.419. The Hall–Kier alpha value is -3.65. The molecule has 0 aromatic heterocycles. The lowest BCUT2D eigenvalue weighted by molar-refractivity contribution is 0.0733. The average molecular weight is 741 g/mol. The summed E-state index contributed by atoms with van der Waals surface area (Å²) < 4.78 is 6.93. The zero-order valence-electron chi connectivity index (χ0n) is 38.5. The summed E-state index contributed by atoms with van der Waals surface area (Å²) in [5, 5.41) is 0. The quantitative estimate of drug-likeness (QED) is 0.151. The fraction of sp³-hybridized carbons (Fsp3) is 0.528. The van der Waals surface area contributed by atoms with E-state index in [1.807, 2.05) is 6.07 Å². The lowest BCUT2D eigenvalue weighted by Gasteiger charge is -2.40. The van der Waals surface area contributed by atoms with Gasteiger partial charge in [-0.15, -0.1) is 0 Å². The van der Waals surface area contributed by atoms with Crippen LogP contribution >= 0.6 is 0 Å². The third-order valence-corrected chi connectivity index (χ3v) is 11.7. The third-order valence-electron chi connectivity index (χ3n) is 11.7. The summed E-state index contributed by atoms with van der Waals surface area (Å²) in [4.78, 5) is 16.0. The molecule has 0 heterocycles. The third kappa shape index (κ3) is 7.99. The Kier molecular flexibility index (Phi) is 10.4. The molecule has 0 atom stereocenters. The van der Waals surface area contributed by atoms with E-state index >= 15 is 4.79 Å². The van der Waals surface area contributed by atoms with Gasteiger partial charge in [0.05, 0.1) is 5.56 Å². The molecular weight excluding hydrogens is 669 g/mol. The van der Waals surface area contributed by atoms with E-state index in [1.165, 1.54) is 61.2 Å².